The molecule has 4 nitrogen and oxygen atoms in total. The molecule has 132 valence electrons. The number of carbonyl (C=O) groups excluding carboxylic acids is 1. The van der Waals surface area contributed by atoms with Crippen LogP contribution >= 0.6 is 0 Å². The van der Waals surface area contributed by atoms with Crippen molar-refractivity contribution in [2.75, 3.05) is 0 Å². The minimum absolute atomic E-state index is 0. The average molecular weight is 377 g/mol. The Bertz CT molecular complexity index is 898. The lowest BCUT2D eigenvalue weighted by Crippen LogP contribution is -3.00. The molecule has 0 fully saturated rings. The lowest BCUT2D eigenvalue weighted by molar-refractivity contribution is -0.0000162. The number of carbonyl (C=O) groups is 1. The molecule has 0 aliphatic heterocycles. The standard InChI is InChI=1S/C15H8F5N3O.ClH/c16-10-9(11(17)13(19)14(20)12(10)18)15(24)21-5-8-22-6-3-1-2-4-7(6)23-8;/h1-4H,5H2,(H,21,24)(H,22,23);1H/p-1. The van der Waals surface area contributed by atoms with Crippen molar-refractivity contribution in [3.05, 3.63) is 64.7 Å². The number of aromatic amines is 1. The number of H-pyrrole nitrogens is 1. The van der Waals surface area contributed by atoms with Crippen molar-refractivity contribution in [1.29, 1.82) is 0 Å². The smallest absolute Gasteiger partial charge is 0.257 e. The van der Waals surface area contributed by atoms with Crippen LogP contribution in [0.4, 0.5) is 22.0 Å². The Balaban J connectivity index is 0.00000225. The van der Waals surface area contributed by atoms with Crippen LogP contribution in [0, 0.1) is 29.1 Å². The van der Waals surface area contributed by atoms with E-state index in [9.17, 15) is 26.7 Å². The number of benzene rings is 2. The Morgan fingerprint density at radius 1 is 0.960 bits per heavy atom. The van der Waals surface area contributed by atoms with Crippen LogP contribution in [0.5, 0.6) is 0 Å². The van der Waals surface area contributed by atoms with E-state index in [-0.39, 0.29) is 24.8 Å². The summed E-state index contributed by atoms with van der Waals surface area (Å²) in [6, 6.07) is 6.90. The van der Waals surface area contributed by atoms with Gasteiger partial charge in [-0.2, -0.15) is 0 Å². The number of imidazole rings is 1. The number of amides is 1. The third-order valence-corrected chi connectivity index (χ3v) is 3.29. The van der Waals surface area contributed by atoms with Gasteiger partial charge in [-0.3, -0.25) is 4.79 Å². The van der Waals surface area contributed by atoms with Crippen LogP contribution in [0.15, 0.2) is 24.3 Å². The quantitative estimate of drug-likeness (QED) is 0.390. The predicted molar refractivity (Wildman–Crippen MR) is 73.5 cm³/mol. The second-order valence-electron chi connectivity index (χ2n) is 4.83. The molecule has 0 aliphatic rings. The fourth-order valence-electron chi connectivity index (χ4n) is 2.15. The molecule has 10 heteroatoms. The van der Waals surface area contributed by atoms with Gasteiger partial charge in [-0.25, -0.2) is 26.9 Å². The number of fused-ring (bicyclic) bond motifs is 1. The second-order valence-corrected chi connectivity index (χ2v) is 4.83. The molecule has 0 radical (unpaired) electrons. The molecule has 0 saturated heterocycles. The van der Waals surface area contributed by atoms with E-state index >= 15 is 0 Å². The van der Waals surface area contributed by atoms with Crippen molar-refractivity contribution < 1.29 is 39.2 Å². The molecule has 0 aliphatic carbocycles. The largest absolute Gasteiger partial charge is 1.00 e. The van der Waals surface area contributed by atoms with E-state index in [2.05, 4.69) is 15.3 Å². The number of hydrogen-bond acceptors (Lipinski definition) is 2. The molecule has 0 atom stereocenters. The zero-order valence-corrected chi connectivity index (χ0v) is 12.9. The van der Waals surface area contributed by atoms with Gasteiger partial charge in [-0.05, 0) is 12.1 Å². The van der Waals surface area contributed by atoms with Crippen molar-refractivity contribution in [3.8, 4) is 0 Å². The summed E-state index contributed by atoms with van der Waals surface area (Å²) in [5, 5.41) is 2.06. The van der Waals surface area contributed by atoms with Crippen LogP contribution < -0.4 is 17.7 Å². The van der Waals surface area contributed by atoms with E-state index in [4.69, 9.17) is 0 Å². The maximum atomic E-state index is 13.5. The van der Waals surface area contributed by atoms with E-state index < -0.39 is 40.6 Å². The van der Waals surface area contributed by atoms with Crippen LogP contribution in [-0.2, 0) is 6.54 Å². The first-order valence-corrected chi connectivity index (χ1v) is 6.63. The first-order valence-electron chi connectivity index (χ1n) is 6.63. The van der Waals surface area contributed by atoms with Gasteiger partial charge in [0.05, 0.1) is 17.6 Å². The number of halogens is 6. The number of para-hydroxylation sites is 2. The van der Waals surface area contributed by atoms with E-state index in [0.717, 1.165) is 0 Å². The molecule has 2 aromatic carbocycles. The summed E-state index contributed by atoms with van der Waals surface area (Å²) in [4.78, 5) is 18.8. The minimum Gasteiger partial charge on any atom is -1.00 e. The second kappa shape index (κ2) is 7.06. The third kappa shape index (κ3) is 3.27. The molecule has 0 saturated carbocycles. The lowest BCUT2D eigenvalue weighted by atomic mass is 10.1. The number of nitrogens with one attached hydrogen (secondary N) is 2. The minimum atomic E-state index is -2.32. The van der Waals surface area contributed by atoms with Crippen LogP contribution in [0.25, 0.3) is 11.0 Å². The van der Waals surface area contributed by atoms with Gasteiger partial charge in [0.1, 0.15) is 11.4 Å². The van der Waals surface area contributed by atoms with E-state index in [0.29, 0.717) is 11.0 Å². The Kier molecular flexibility index (Phi) is 5.27. The maximum Gasteiger partial charge on any atom is 0.257 e. The Labute approximate surface area is 143 Å². The fraction of sp³-hybridized carbons (Fsp3) is 0.0667. The molecule has 1 aromatic heterocycles. The Hall–Kier alpha value is -2.68. The highest BCUT2D eigenvalue weighted by Gasteiger charge is 2.29. The lowest BCUT2D eigenvalue weighted by Gasteiger charge is -2.08. The molecular formula is C15H8ClF5N3O-. The van der Waals surface area contributed by atoms with Crippen LogP contribution in [-0.4, -0.2) is 15.9 Å². The van der Waals surface area contributed by atoms with Gasteiger partial charge in [0.15, 0.2) is 23.3 Å². The maximum absolute atomic E-state index is 13.5. The molecule has 0 spiro atoms. The van der Waals surface area contributed by atoms with Crippen molar-refractivity contribution in [2.24, 2.45) is 0 Å². The average Bonchev–Trinajstić information content (AvgIpc) is 2.99. The van der Waals surface area contributed by atoms with Crippen molar-refractivity contribution in [3.63, 3.8) is 0 Å². The summed E-state index contributed by atoms with van der Waals surface area (Å²) in [6.07, 6.45) is 0. The van der Waals surface area contributed by atoms with Crippen molar-refractivity contribution in [1.82, 2.24) is 15.3 Å². The van der Waals surface area contributed by atoms with E-state index in [1.54, 1.807) is 24.3 Å². The molecule has 2 N–H and O–H groups in total. The monoisotopic (exact) mass is 376 g/mol. The molecule has 3 rings (SSSR count). The molecule has 3 aromatic rings. The molecule has 1 amide bonds. The number of aromatic nitrogens is 2. The molecule has 0 unspecified atom stereocenters. The number of nitrogens with zero attached hydrogens (tertiary/aromatic N) is 1. The summed E-state index contributed by atoms with van der Waals surface area (Å²) >= 11 is 0. The zero-order valence-electron chi connectivity index (χ0n) is 12.1. The van der Waals surface area contributed by atoms with E-state index in [1.165, 1.54) is 0 Å². The van der Waals surface area contributed by atoms with Crippen molar-refractivity contribution >= 4 is 16.9 Å². The first-order chi connectivity index (χ1) is 11.4. The van der Waals surface area contributed by atoms with Gasteiger partial charge in [-0.1, -0.05) is 12.1 Å². The van der Waals surface area contributed by atoms with Gasteiger partial charge in [0.25, 0.3) is 5.91 Å². The Morgan fingerprint density at radius 2 is 1.52 bits per heavy atom. The summed E-state index contributed by atoms with van der Waals surface area (Å²) in [7, 11) is 0. The van der Waals surface area contributed by atoms with Gasteiger partial charge in [-0.15, -0.1) is 0 Å². The molecular weight excluding hydrogens is 369 g/mol. The summed E-state index contributed by atoms with van der Waals surface area (Å²) in [5.74, 6) is -12.2. The normalized spacial score (nSPS) is 10.6. The van der Waals surface area contributed by atoms with Crippen molar-refractivity contribution in [2.45, 2.75) is 6.54 Å². The number of rotatable bonds is 3. The third-order valence-electron chi connectivity index (χ3n) is 3.29. The fourth-order valence-corrected chi connectivity index (χ4v) is 2.15. The summed E-state index contributed by atoms with van der Waals surface area (Å²) in [5.41, 5.74) is -0.279. The first kappa shape index (κ1) is 18.7. The van der Waals surface area contributed by atoms with Crippen LogP contribution in [0.2, 0.25) is 0 Å². The SMILES string of the molecule is O=C(NCc1nc2ccccc2[nH]1)c1c(F)c(F)c(F)c(F)c1F.[Cl-]. The number of hydrogen-bond donors (Lipinski definition) is 2. The highest BCUT2D eigenvalue weighted by atomic mass is 35.5. The van der Waals surface area contributed by atoms with Gasteiger partial charge < -0.3 is 22.7 Å². The van der Waals surface area contributed by atoms with Gasteiger partial charge in [0, 0.05) is 0 Å². The highest BCUT2D eigenvalue weighted by Crippen LogP contribution is 2.23. The zero-order chi connectivity index (χ0) is 17.4. The molecule has 0 bridgehead atoms. The summed E-state index contributed by atoms with van der Waals surface area (Å²) < 4.78 is 66.3. The Morgan fingerprint density at radius 3 is 2.12 bits per heavy atom. The van der Waals surface area contributed by atoms with Crippen LogP contribution in [0.3, 0.4) is 0 Å². The topological polar surface area (TPSA) is 57.8 Å². The predicted octanol–water partition coefficient (Wildman–Crippen LogP) is 0.192. The highest BCUT2D eigenvalue weighted by molar-refractivity contribution is 5.94. The van der Waals surface area contributed by atoms with Gasteiger partial charge >= 0.3 is 0 Å². The van der Waals surface area contributed by atoms with E-state index in [1.807, 2.05) is 0 Å². The van der Waals surface area contributed by atoms with Gasteiger partial charge in [0.2, 0.25) is 5.82 Å². The summed E-state index contributed by atoms with van der Waals surface area (Å²) in [6.45, 7) is -0.285. The molecule has 1 heterocycles. The molecule has 25 heavy (non-hydrogen) atoms. The van der Waals surface area contributed by atoms with Crippen LogP contribution in [0.1, 0.15) is 16.2 Å².